The second kappa shape index (κ2) is 12.6. The minimum atomic E-state index is 0.627. The number of hydrogen-bond donors (Lipinski definition) is 0. The van der Waals surface area contributed by atoms with Crippen LogP contribution >= 0.6 is 0 Å². The van der Waals surface area contributed by atoms with Gasteiger partial charge in [-0.25, -0.2) is 15.0 Å². The van der Waals surface area contributed by atoms with Crippen LogP contribution in [0.25, 0.3) is 94.0 Å². The summed E-state index contributed by atoms with van der Waals surface area (Å²) in [4.78, 5) is 15.4. The van der Waals surface area contributed by atoms with Crippen LogP contribution in [0.1, 0.15) is 23.6 Å². The van der Waals surface area contributed by atoms with E-state index in [0.717, 1.165) is 71.7 Å². The molecule has 0 atom stereocenters. The molecule has 0 saturated heterocycles. The fourth-order valence-corrected chi connectivity index (χ4v) is 7.79. The summed E-state index contributed by atoms with van der Waals surface area (Å²) in [6.45, 7) is 10.3. The average molecular weight is 670 g/mol. The number of allylic oxidation sites excluding steroid dienone is 5. The van der Waals surface area contributed by atoms with E-state index in [1.807, 2.05) is 67.6 Å². The summed E-state index contributed by atoms with van der Waals surface area (Å²) in [5.74, 6) is 1.91. The van der Waals surface area contributed by atoms with Gasteiger partial charge in [0.25, 0.3) is 0 Å². The summed E-state index contributed by atoms with van der Waals surface area (Å²) in [5.41, 5.74) is 9.08. The Bertz CT molecular complexity index is 2930. The zero-order chi connectivity index (χ0) is 35.3. The highest BCUT2D eigenvalue weighted by Gasteiger charge is 2.22. The Morgan fingerprint density at radius 3 is 1.94 bits per heavy atom. The Morgan fingerprint density at radius 2 is 1.21 bits per heavy atom. The maximum absolute atomic E-state index is 6.65. The molecule has 0 fully saturated rings. The summed E-state index contributed by atoms with van der Waals surface area (Å²) in [6.07, 6.45) is 7.95. The molecular weight excluding hydrogens is 635 g/mol. The van der Waals surface area contributed by atoms with Crippen molar-refractivity contribution >= 4 is 59.8 Å². The van der Waals surface area contributed by atoms with Gasteiger partial charge in [0.2, 0.25) is 0 Å². The lowest BCUT2D eigenvalue weighted by molar-refractivity contribution is 0.673. The molecule has 0 unspecified atom stereocenters. The normalized spacial score (nSPS) is 12.2. The van der Waals surface area contributed by atoms with Crippen LogP contribution in [0.2, 0.25) is 0 Å². The molecule has 0 spiro atoms. The van der Waals surface area contributed by atoms with Crippen LogP contribution in [0.4, 0.5) is 0 Å². The minimum Gasteiger partial charge on any atom is -0.455 e. The van der Waals surface area contributed by atoms with Gasteiger partial charge in [0, 0.05) is 32.8 Å². The molecule has 0 N–H and O–H groups in total. The maximum Gasteiger partial charge on any atom is 0.164 e. The van der Waals surface area contributed by atoms with Crippen LogP contribution in [0, 0.1) is 13.8 Å². The van der Waals surface area contributed by atoms with Crippen molar-refractivity contribution in [1.82, 2.24) is 15.0 Å². The van der Waals surface area contributed by atoms with Crippen molar-refractivity contribution in [1.29, 1.82) is 0 Å². The first kappa shape index (κ1) is 31.3. The number of benzene rings is 7. The molecule has 0 bridgehead atoms. The largest absolute Gasteiger partial charge is 0.455 e. The lowest BCUT2D eigenvalue weighted by atomic mass is 9.87. The second-order valence-electron chi connectivity index (χ2n) is 13.2. The summed E-state index contributed by atoms with van der Waals surface area (Å²) < 4.78 is 6.65. The molecule has 0 radical (unpaired) electrons. The van der Waals surface area contributed by atoms with Crippen LogP contribution < -0.4 is 0 Å². The van der Waals surface area contributed by atoms with E-state index < -0.39 is 0 Å². The molecule has 2 heterocycles. The van der Waals surface area contributed by atoms with E-state index >= 15 is 0 Å². The average Bonchev–Trinajstić information content (AvgIpc) is 3.57. The van der Waals surface area contributed by atoms with Crippen LogP contribution in [-0.2, 0) is 0 Å². The van der Waals surface area contributed by atoms with Gasteiger partial charge < -0.3 is 4.42 Å². The molecule has 0 amide bonds. The molecule has 4 heteroatoms. The second-order valence-corrected chi connectivity index (χ2v) is 13.2. The third kappa shape index (κ3) is 5.03. The number of nitrogens with zero attached hydrogens (tertiary/aromatic N) is 3. The molecule has 2 aromatic heterocycles. The topological polar surface area (TPSA) is 51.8 Å². The van der Waals surface area contributed by atoms with Gasteiger partial charge in [-0.3, -0.25) is 0 Å². The summed E-state index contributed by atoms with van der Waals surface area (Å²) in [6, 6.07) is 42.3. The number of aryl methyl sites for hydroxylation is 2. The lowest BCUT2D eigenvalue weighted by Gasteiger charge is -2.18. The van der Waals surface area contributed by atoms with Crippen molar-refractivity contribution in [3.63, 3.8) is 0 Å². The van der Waals surface area contributed by atoms with Gasteiger partial charge in [-0.2, -0.15) is 0 Å². The van der Waals surface area contributed by atoms with Crippen molar-refractivity contribution < 1.29 is 4.42 Å². The molecule has 9 rings (SSSR count). The van der Waals surface area contributed by atoms with E-state index in [1.165, 1.54) is 21.5 Å². The summed E-state index contributed by atoms with van der Waals surface area (Å²) in [5, 5.41) is 9.27. The van der Waals surface area contributed by atoms with Crippen molar-refractivity contribution in [2.75, 3.05) is 0 Å². The highest BCUT2D eigenvalue weighted by atomic mass is 16.3. The van der Waals surface area contributed by atoms with Crippen LogP contribution in [0.5, 0.6) is 0 Å². The number of hydrogen-bond acceptors (Lipinski definition) is 4. The Hall–Kier alpha value is -6.65. The quantitative estimate of drug-likeness (QED) is 0.131. The molecule has 7 aromatic carbocycles. The Kier molecular flexibility index (Phi) is 7.59. The van der Waals surface area contributed by atoms with Gasteiger partial charge in [-0.1, -0.05) is 134 Å². The van der Waals surface area contributed by atoms with E-state index in [4.69, 9.17) is 19.4 Å². The Balaban J connectivity index is 1.32. The fraction of sp³-hybridized carbons (Fsp3) is 0.0625. The third-order valence-corrected chi connectivity index (χ3v) is 10.1. The van der Waals surface area contributed by atoms with Gasteiger partial charge in [0.15, 0.2) is 17.5 Å². The minimum absolute atomic E-state index is 0.627. The van der Waals surface area contributed by atoms with E-state index in [0.29, 0.717) is 17.5 Å². The molecule has 9 aromatic rings. The predicted octanol–water partition coefficient (Wildman–Crippen LogP) is 13.0. The van der Waals surface area contributed by atoms with Gasteiger partial charge >= 0.3 is 0 Å². The smallest absolute Gasteiger partial charge is 0.164 e. The van der Waals surface area contributed by atoms with Gasteiger partial charge in [0.1, 0.15) is 11.2 Å². The third-order valence-electron chi connectivity index (χ3n) is 10.1. The van der Waals surface area contributed by atoms with Gasteiger partial charge in [-0.15, -0.1) is 0 Å². The van der Waals surface area contributed by atoms with E-state index in [9.17, 15) is 0 Å². The first-order valence-electron chi connectivity index (χ1n) is 17.6. The number of para-hydroxylation sites is 1. The summed E-state index contributed by atoms with van der Waals surface area (Å²) in [7, 11) is 0. The molecule has 0 saturated carbocycles. The van der Waals surface area contributed by atoms with E-state index in [1.54, 1.807) is 0 Å². The van der Waals surface area contributed by atoms with Crippen LogP contribution in [-0.4, -0.2) is 15.0 Å². The molecule has 52 heavy (non-hydrogen) atoms. The Labute approximate surface area is 302 Å². The molecule has 4 nitrogen and oxygen atoms in total. The first-order chi connectivity index (χ1) is 25.5. The fourth-order valence-electron chi connectivity index (χ4n) is 7.79. The van der Waals surface area contributed by atoms with Crippen LogP contribution in [0.3, 0.4) is 0 Å². The molecule has 0 aliphatic rings. The standard InChI is InChI=1S/C48H35N3O/c1-5-14-31(15-6-2)32-22-24-34(25-23-32)47-49-46(33-16-8-7-9-17-33)50-48(51-47)42-29(3)28-40-43(30(42)4)37-20-11-10-18-35(37)38-26-27-39-36-19-12-13-21-41(36)52-45(39)44(38)40/h5-28H,1H2,2-4H3/b15-6-,31-14+. The maximum atomic E-state index is 6.65. The lowest BCUT2D eigenvalue weighted by Crippen LogP contribution is -2.03. The highest BCUT2D eigenvalue weighted by molar-refractivity contribution is 6.33. The van der Waals surface area contributed by atoms with Gasteiger partial charge in [0.05, 0.1) is 0 Å². The van der Waals surface area contributed by atoms with Crippen molar-refractivity contribution in [3.05, 3.63) is 169 Å². The van der Waals surface area contributed by atoms with E-state index in [2.05, 4.69) is 105 Å². The number of aromatic nitrogens is 3. The van der Waals surface area contributed by atoms with Crippen molar-refractivity contribution in [2.45, 2.75) is 20.8 Å². The van der Waals surface area contributed by atoms with Crippen molar-refractivity contribution in [2.24, 2.45) is 0 Å². The van der Waals surface area contributed by atoms with E-state index in [-0.39, 0.29) is 0 Å². The predicted molar refractivity (Wildman–Crippen MR) is 218 cm³/mol. The van der Waals surface area contributed by atoms with Crippen LogP contribution in [0.15, 0.2) is 157 Å². The SMILES string of the molecule is C=C/C=C(\C=C/C)c1ccc(-c2nc(-c3ccccc3)nc(-c3c(C)cc4c(c3C)c3ccccc3c3ccc5c6ccccc6oc5c34)n2)cc1. The molecular formula is C48H35N3O. The number of rotatable bonds is 6. The summed E-state index contributed by atoms with van der Waals surface area (Å²) >= 11 is 0. The molecule has 0 aliphatic heterocycles. The first-order valence-corrected chi connectivity index (χ1v) is 17.6. The van der Waals surface area contributed by atoms with Crippen molar-refractivity contribution in [3.8, 4) is 34.2 Å². The zero-order valence-electron chi connectivity index (χ0n) is 29.3. The van der Waals surface area contributed by atoms with Gasteiger partial charge in [-0.05, 0) is 88.2 Å². The number of furan rings is 1. The number of fused-ring (bicyclic) bond motifs is 10. The molecule has 248 valence electrons. The zero-order valence-corrected chi connectivity index (χ0v) is 29.3. The highest BCUT2D eigenvalue weighted by Crippen LogP contribution is 2.45. The molecule has 0 aliphatic carbocycles. The Morgan fingerprint density at radius 1 is 0.596 bits per heavy atom. The monoisotopic (exact) mass is 669 g/mol.